The standard InChI is InChI=1S/C13H6ClF3N2S/c14-9-1-4-12(19-7-9)20-10-2-3-11(13(15,16)17)8(5-10)6-18/h1-5,7H. The van der Waals surface area contributed by atoms with Crippen LogP contribution in [0.15, 0.2) is 46.5 Å². The molecule has 2 nitrogen and oxygen atoms in total. The second-order valence-corrected chi connectivity index (χ2v) is 5.26. The molecule has 1 aromatic heterocycles. The van der Waals surface area contributed by atoms with Crippen LogP contribution in [-0.4, -0.2) is 4.98 Å². The summed E-state index contributed by atoms with van der Waals surface area (Å²) in [6, 6.07) is 8.25. The Morgan fingerprint density at radius 3 is 2.50 bits per heavy atom. The number of nitriles is 1. The van der Waals surface area contributed by atoms with Crippen LogP contribution in [0.1, 0.15) is 11.1 Å². The minimum absolute atomic E-state index is 0.406. The third-order valence-electron chi connectivity index (χ3n) is 2.34. The molecule has 20 heavy (non-hydrogen) atoms. The number of rotatable bonds is 2. The average Bonchev–Trinajstić information content (AvgIpc) is 2.40. The lowest BCUT2D eigenvalue weighted by atomic mass is 10.1. The Kier molecular flexibility index (Phi) is 4.21. The fraction of sp³-hybridized carbons (Fsp3) is 0.0769. The molecule has 102 valence electrons. The minimum atomic E-state index is -4.53. The van der Waals surface area contributed by atoms with E-state index in [1.807, 2.05) is 0 Å². The maximum Gasteiger partial charge on any atom is 0.417 e. The van der Waals surface area contributed by atoms with Crippen molar-refractivity contribution in [3.8, 4) is 6.07 Å². The summed E-state index contributed by atoms with van der Waals surface area (Å²) >= 11 is 6.85. The highest BCUT2D eigenvalue weighted by Crippen LogP contribution is 2.35. The molecule has 2 aromatic rings. The quantitative estimate of drug-likeness (QED) is 0.800. The second kappa shape index (κ2) is 5.73. The highest BCUT2D eigenvalue weighted by atomic mass is 35.5. The van der Waals surface area contributed by atoms with Crippen molar-refractivity contribution in [3.05, 3.63) is 52.7 Å². The van der Waals surface area contributed by atoms with Gasteiger partial charge >= 0.3 is 6.18 Å². The van der Waals surface area contributed by atoms with Crippen LogP contribution in [0.2, 0.25) is 5.02 Å². The van der Waals surface area contributed by atoms with Crippen LogP contribution < -0.4 is 0 Å². The van der Waals surface area contributed by atoms with Crippen LogP contribution >= 0.6 is 23.4 Å². The second-order valence-electron chi connectivity index (χ2n) is 3.73. The third kappa shape index (κ3) is 3.44. The number of hydrogen-bond acceptors (Lipinski definition) is 3. The summed E-state index contributed by atoms with van der Waals surface area (Å²) in [4.78, 5) is 4.53. The number of pyridine rings is 1. The SMILES string of the molecule is N#Cc1cc(Sc2ccc(Cl)cn2)ccc1C(F)(F)F. The highest BCUT2D eigenvalue weighted by Gasteiger charge is 2.33. The minimum Gasteiger partial charge on any atom is -0.248 e. The third-order valence-corrected chi connectivity index (χ3v) is 3.50. The Hall–Kier alpha value is -1.71. The molecule has 0 fully saturated rings. The molecule has 0 saturated heterocycles. The Balaban J connectivity index is 2.31. The molecule has 0 amide bonds. The van der Waals surface area contributed by atoms with Gasteiger partial charge in [-0.1, -0.05) is 23.4 Å². The van der Waals surface area contributed by atoms with Crippen LogP contribution in [0.5, 0.6) is 0 Å². The van der Waals surface area contributed by atoms with E-state index in [0.717, 1.165) is 17.8 Å². The van der Waals surface area contributed by atoms with E-state index in [4.69, 9.17) is 16.9 Å². The van der Waals surface area contributed by atoms with E-state index >= 15 is 0 Å². The van der Waals surface area contributed by atoms with Gasteiger partial charge in [-0.15, -0.1) is 0 Å². The first-order chi connectivity index (χ1) is 9.40. The molecule has 2 rings (SSSR count). The molecule has 0 aliphatic rings. The predicted molar refractivity (Wildman–Crippen MR) is 69.5 cm³/mol. The Morgan fingerprint density at radius 1 is 1.20 bits per heavy atom. The molecule has 7 heteroatoms. The number of halogens is 4. The monoisotopic (exact) mass is 314 g/mol. The number of aromatic nitrogens is 1. The molecular weight excluding hydrogens is 309 g/mol. The van der Waals surface area contributed by atoms with Gasteiger partial charge in [0, 0.05) is 11.1 Å². The van der Waals surface area contributed by atoms with Crippen molar-refractivity contribution in [2.75, 3.05) is 0 Å². The number of nitrogens with zero attached hydrogens (tertiary/aromatic N) is 2. The zero-order valence-electron chi connectivity index (χ0n) is 9.78. The van der Waals surface area contributed by atoms with Gasteiger partial charge in [0.25, 0.3) is 0 Å². The Labute approximate surface area is 122 Å². The van der Waals surface area contributed by atoms with Crippen molar-refractivity contribution in [3.63, 3.8) is 0 Å². The summed E-state index contributed by atoms with van der Waals surface area (Å²) in [5.74, 6) is 0. The van der Waals surface area contributed by atoms with Gasteiger partial charge in [0.05, 0.1) is 22.2 Å². The first-order valence-corrected chi connectivity index (χ1v) is 6.50. The molecule has 0 N–H and O–H groups in total. The fourth-order valence-electron chi connectivity index (χ4n) is 1.47. The van der Waals surface area contributed by atoms with E-state index in [1.54, 1.807) is 18.2 Å². The van der Waals surface area contributed by atoms with Crippen LogP contribution in [0.25, 0.3) is 0 Å². The molecule has 0 spiro atoms. The van der Waals surface area contributed by atoms with Gasteiger partial charge in [-0.25, -0.2) is 4.98 Å². The van der Waals surface area contributed by atoms with E-state index in [1.165, 1.54) is 18.3 Å². The lowest BCUT2D eigenvalue weighted by Crippen LogP contribution is -2.07. The zero-order chi connectivity index (χ0) is 14.8. The number of benzene rings is 1. The Morgan fingerprint density at radius 2 is 1.95 bits per heavy atom. The zero-order valence-corrected chi connectivity index (χ0v) is 11.4. The molecule has 0 aliphatic heterocycles. The summed E-state index contributed by atoms with van der Waals surface area (Å²) in [5.41, 5.74) is -1.34. The van der Waals surface area contributed by atoms with Gasteiger partial charge in [0.15, 0.2) is 0 Å². The van der Waals surface area contributed by atoms with Gasteiger partial charge < -0.3 is 0 Å². The van der Waals surface area contributed by atoms with Crippen molar-refractivity contribution in [1.82, 2.24) is 4.98 Å². The fourth-order valence-corrected chi connectivity index (χ4v) is 2.38. The molecule has 0 saturated carbocycles. The lowest BCUT2D eigenvalue weighted by molar-refractivity contribution is -0.137. The molecule has 0 radical (unpaired) electrons. The largest absolute Gasteiger partial charge is 0.417 e. The maximum absolute atomic E-state index is 12.7. The van der Waals surface area contributed by atoms with Crippen molar-refractivity contribution < 1.29 is 13.2 Å². The van der Waals surface area contributed by atoms with Crippen LogP contribution in [0.3, 0.4) is 0 Å². The molecule has 0 unspecified atom stereocenters. The van der Waals surface area contributed by atoms with E-state index in [9.17, 15) is 13.2 Å². The summed E-state index contributed by atoms with van der Waals surface area (Å²) < 4.78 is 38.0. The smallest absolute Gasteiger partial charge is 0.248 e. The highest BCUT2D eigenvalue weighted by molar-refractivity contribution is 7.99. The normalized spacial score (nSPS) is 11.2. The van der Waals surface area contributed by atoms with E-state index < -0.39 is 17.3 Å². The molecule has 1 aromatic carbocycles. The van der Waals surface area contributed by atoms with Gasteiger partial charge in [0.2, 0.25) is 0 Å². The number of hydrogen-bond donors (Lipinski definition) is 0. The summed E-state index contributed by atoms with van der Waals surface area (Å²) in [6.07, 6.45) is -3.09. The number of alkyl halides is 3. The van der Waals surface area contributed by atoms with Crippen molar-refractivity contribution in [1.29, 1.82) is 5.26 Å². The molecule has 0 aliphatic carbocycles. The van der Waals surface area contributed by atoms with Gasteiger partial charge in [-0.3, -0.25) is 0 Å². The predicted octanol–water partition coefficient (Wildman–Crippen LogP) is 4.78. The maximum atomic E-state index is 12.7. The average molecular weight is 315 g/mol. The van der Waals surface area contributed by atoms with Gasteiger partial charge in [-0.2, -0.15) is 18.4 Å². The van der Waals surface area contributed by atoms with Crippen molar-refractivity contribution >= 4 is 23.4 Å². The molecule has 1 heterocycles. The van der Waals surface area contributed by atoms with E-state index in [2.05, 4.69) is 4.98 Å². The van der Waals surface area contributed by atoms with Crippen molar-refractivity contribution in [2.24, 2.45) is 0 Å². The van der Waals surface area contributed by atoms with E-state index in [0.29, 0.717) is 14.9 Å². The van der Waals surface area contributed by atoms with E-state index in [-0.39, 0.29) is 0 Å². The first kappa shape index (κ1) is 14.7. The Bertz CT molecular complexity index is 663. The van der Waals surface area contributed by atoms with Crippen LogP contribution in [-0.2, 0) is 6.18 Å². The molecular formula is C13H6ClF3N2S. The van der Waals surface area contributed by atoms with Crippen LogP contribution in [0, 0.1) is 11.3 Å². The first-order valence-electron chi connectivity index (χ1n) is 5.31. The molecule has 0 bridgehead atoms. The topological polar surface area (TPSA) is 36.7 Å². The van der Waals surface area contributed by atoms with Crippen LogP contribution in [0.4, 0.5) is 13.2 Å². The summed E-state index contributed by atoms with van der Waals surface area (Å²) in [5, 5.41) is 9.87. The van der Waals surface area contributed by atoms with Gasteiger partial charge in [-0.05, 0) is 30.3 Å². The lowest BCUT2D eigenvalue weighted by Gasteiger charge is -2.09. The van der Waals surface area contributed by atoms with Gasteiger partial charge in [0.1, 0.15) is 5.03 Å². The molecule has 0 atom stereocenters. The van der Waals surface area contributed by atoms with Crippen molar-refractivity contribution in [2.45, 2.75) is 16.1 Å². The summed E-state index contributed by atoms with van der Waals surface area (Å²) in [7, 11) is 0. The summed E-state index contributed by atoms with van der Waals surface area (Å²) in [6.45, 7) is 0.